The van der Waals surface area contributed by atoms with Crippen LogP contribution in [0.25, 0.3) is 0 Å². The molecule has 144 valence electrons. The Morgan fingerprint density at radius 1 is 1.19 bits per heavy atom. The van der Waals surface area contributed by atoms with E-state index >= 15 is 0 Å². The molecule has 27 heavy (non-hydrogen) atoms. The summed E-state index contributed by atoms with van der Waals surface area (Å²) in [5.74, 6) is -0.0717. The Bertz CT molecular complexity index is 761. The molecule has 9 nitrogen and oxygen atoms in total. The van der Waals surface area contributed by atoms with Crippen LogP contribution in [0, 0.1) is 0 Å². The molecule has 4 heterocycles. The monoisotopic (exact) mass is 372 g/mol. The molecule has 1 unspecified atom stereocenters. The van der Waals surface area contributed by atoms with Crippen molar-refractivity contribution >= 4 is 29.4 Å². The Morgan fingerprint density at radius 3 is 2.78 bits per heavy atom. The molecule has 0 spiro atoms. The van der Waals surface area contributed by atoms with Gasteiger partial charge in [-0.05, 0) is 25.3 Å². The molecule has 1 atom stereocenters. The number of hydrogen-bond acceptors (Lipinski definition) is 6. The fourth-order valence-corrected chi connectivity index (χ4v) is 3.92. The predicted octanol–water partition coefficient (Wildman–Crippen LogP) is -0.241. The van der Waals surface area contributed by atoms with Gasteiger partial charge in [-0.1, -0.05) is 0 Å². The third-order valence-electron chi connectivity index (χ3n) is 5.31. The summed E-state index contributed by atoms with van der Waals surface area (Å²) in [5.41, 5.74) is 2.23. The van der Waals surface area contributed by atoms with Gasteiger partial charge in [0.2, 0.25) is 11.8 Å². The van der Waals surface area contributed by atoms with Crippen LogP contribution < -0.4 is 25.8 Å². The Morgan fingerprint density at radius 2 is 2.00 bits per heavy atom. The normalized spacial score (nSPS) is 22.9. The van der Waals surface area contributed by atoms with Crippen LogP contribution in [0.3, 0.4) is 0 Å². The van der Waals surface area contributed by atoms with E-state index in [2.05, 4.69) is 25.8 Å². The van der Waals surface area contributed by atoms with E-state index in [0.29, 0.717) is 18.8 Å². The summed E-state index contributed by atoms with van der Waals surface area (Å²) in [4.78, 5) is 44.5. The van der Waals surface area contributed by atoms with Gasteiger partial charge in [0.1, 0.15) is 11.9 Å². The minimum absolute atomic E-state index is 0.235. The number of fused-ring (bicyclic) bond motifs is 1. The lowest BCUT2D eigenvalue weighted by atomic mass is 10.0. The molecule has 0 bridgehead atoms. The first kappa shape index (κ1) is 17.7. The van der Waals surface area contributed by atoms with Crippen molar-refractivity contribution in [3.8, 4) is 0 Å². The molecule has 2 fully saturated rings. The molecule has 0 radical (unpaired) electrons. The first-order valence-corrected chi connectivity index (χ1v) is 9.49. The number of imide groups is 1. The van der Waals surface area contributed by atoms with E-state index in [1.54, 1.807) is 11.1 Å². The van der Waals surface area contributed by atoms with Gasteiger partial charge in [-0.3, -0.25) is 19.8 Å². The molecule has 0 aliphatic carbocycles. The Labute approximate surface area is 157 Å². The van der Waals surface area contributed by atoms with Crippen LogP contribution >= 0.6 is 0 Å². The number of carbonyl (C=O) groups is 3. The van der Waals surface area contributed by atoms with Crippen molar-refractivity contribution in [1.29, 1.82) is 0 Å². The van der Waals surface area contributed by atoms with E-state index in [4.69, 9.17) is 0 Å². The fourth-order valence-electron chi connectivity index (χ4n) is 3.92. The van der Waals surface area contributed by atoms with Crippen molar-refractivity contribution in [3.63, 3.8) is 0 Å². The molecule has 1 aromatic heterocycles. The molecule has 4 amide bonds. The third-order valence-corrected chi connectivity index (χ3v) is 5.31. The highest BCUT2D eigenvalue weighted by atomic mass is 16.2. The molecule has 4 rings (SSSR count). The molecule has 3 aliphatic rings. The molecule has 3 N–H and O–H groups in total. The second-order valence-corrected chi connectivity index (χ2v) is 7.08. The highest BCUT2D eigenvalue weighted by molar-refractivity contribution is 6.03. The number of rotatable bonds is 2. The van der Waals surface area contributed by atoms with E-state index in [-0.39, 0.29) is 18.4 Å². The lowest BCUT2D eigenvalue weighted by Crippen LogP contribution is -2.56. The van der Waals surface area contributed by atoms with Crippen molar-refractivity contribution < 1.29 is 14.4 Å². The fraction of sp³-hybridized carbons (Fsp3) is 0.556. The van der Waals surface area contributed by atoms with E-state index < -0.39 is 11.9 Å². The zero-order valence-corrected chi connectivity index (χ0v) is 15.2. The van der Waals surface area contributed by atoms with Crippen LogP contribution in [0.5, 0.6) is 0 Å². The average molecular weight is 372 g/mol. The third kappa shape index (κ3) is 3.59. The Kier molecular flexibility index (Phi) is 4.93. The van der Waals surface area contributed by atoms with Gasteiger partial charge in [0, 0.05) is 56.6 Å². The predicted molar refractivity (Wildman–Crippen MR) is 99.7 cm³/mol. The number of anilines is 2. The van der Waals surface area contributed by atoms with E-state index in [1.165, 1.54) is 0 Å². The maximum Gasteiger partial charge on any atom is 0.323 e. The van der Waals surface area contributed by atoms with E-state index in [0.717, 1.165) is 50.3 Å². The molecule has 0 aromatic carbocycles. The highest BCUT2D eigenvalue weighted by Gasteiger charge is 2.32. The van der Waals surface area contributed by atoms with Gasteiger partial charge in [-0.15, -0.1) is 0 Å². The summed E-state index contributed by atoms with van der Waals surface area (Å²) < 4.78 is 0. The number of pyridine rings is 1. The second kappa shape index (κ2) is 7.51. The SMILES string of the molecule is O=C1CCC(NC(=O)N2CCCc3c(N4CCNCC4)ccnc32)C(=O)N1. The smallest absolute Gasteiger partial charge is 0.323 e. The number of aromatic nitrogens is 1. The first-order chi connectivity index (χ1) is 13.1. The Hall–Kier alpha value is -2.68. The van der Waals surface area contributed by atoms with Gasteiger partial charge >= 0.3 is 6.03 Å². The summed E-state index contributed by atoms with van der Waals surface area (Å²) in [5, 5.41) is 8.38. The van der Waals surface area contributed by atoms with Crippen LogP contribution in [0.2, 0.25) is 0 Å². The van der Waals surface area contributed by atoms with Crippen molar-refractivity contribution in [2.75, 3.05) is 42.5 Å². The molecule has 3 aliphatic heterocycles. The molecule has 0 saturated carbocycles. The van der Waals surface area contributed by atoms with Crippen molar-refractivity contribution in [1.82, 2.24) is 20.9 Å². The van der Waals surface area contributed by atoms with Crippen LogP contribution in [0.1, 0.15) is 24.8 Å². The van der Waals surface area contributed by atoms with Gasteiger partial charge in [0.05, 0.1) is 0 Å². The summed E-state index contributed by atoms with van der Waals surface area (Å²) in [6, 6.07) is 0.999. The van der Waals surface area contributed by atoms with Crippen LogP contribution in [0.15, 0.2) is 12.3 Å². The zero-order valence-electron chi connectivity index (χ0n) is 15.2. The maximum atomic E-state index is 12.8. The number of amides is 4. The van der Waals surface area contributed by atoms with Gasteiger partial charge in [-0.2, -0.15) is 0 Å². The van der Waals surface area contributed by atoms with Crippen molar-refractivity contribution in [2.45, 2.75) is 31.7 Å². The van der Waals surface area contributed by atoms with E-state index in [1.807, 2.05) is 6.07 Å². The lowest BCUT2D eigenvalue weighted by Gasteiger charge is -2.35. The summed E-state index contributed by atoms with van der Waals surface area (Å²) in [7, 11) is 0. The summed E-state index contributed by atoms with van der Waals surface area (Å²) >= 11 is 0. The van der Waals surface area contributed by atoms with Gasteiger partial charge < -0.3 is 15.5 Å². The number of nitrogens with one attached hydrogen (secondary N) is 3. The molecule has 9 heteroatoms. The summed E-state index contributed by atoms with van der Waals surface area (Å²) in [6.07, 6.45) is 4.03. The Balaban J connectivity index is 1.53. The average Bonchev–Trinajstić information content (AvgIpc) is 2.70. The molecule has 1 aromatic rings. The molecular formula is C18H24N6O3. The summed E-state index contributed by atoms with van der Waals surface area (Å²) in [6.45, 7) is 4.30. The van der Waals surface area contributed by atoms with E-state index in [9.17, 15) is 14.4 Å². The second-order valence-electron chi connectivity index (χ2n) is 7.08. The lowest BCUT2D eigenvalue weighted by molar-refractivity contribution is -0.134. The number of piperidine rings is 1. The minimum Gasteiger partial charge on any atom is -0.369 e. The number of carbonyl (C=O) groups excluding carboxylic acids is 3. The highest BCUT2D eigenvalue weighted by Crippen LogP contribution is 2.33. The van der Waals surface area contributed by atoms with Crippen LogP contribution in [0.4, 0.5) is 16.3 Å². The standard InChI is InChI=1S/C18H24N6O3/c25-15-4-3-13(17(26)22-15)21-18(27)24-9-1-2-12-14(5-6-20-16(12)24)23-10-7-19-8-11-23/h5-6,13,19H,1-4,7-11H2,(H,21,27)(H,22,25,26). The number of piperazine rings is 1. The van der Waals surface area contributed by atoms with Crippen molar-refractivity contribution in [2.24, 2.45) is 0 Å². The van der Waals surface area contributed by atoms with Gasteiger partial charge in [-0.25, -0.2) is 9.78 Å². The zero-order chi connectivity index (χ0) is 18.8. The largest absolute Gasteiger partial charge is 0.369 e. The van der Waals surface area contributed by atoms with Gasteiger partial charge in [0.25, 0.3) is 0 Å². The van der Waals surface area contributed by atoms with Gasteiger partial charge in [0.15, 0.2) is 0 Å². The van der Waals surface area contributed by atoms with Crippen LogP contribution in [-0.2, 0) is 16.0 Å². The molecule has 2 saturated heterocycles. The first-order valence-electron chi connectivity index (χ1n) is 9.49. The number of urea groups is 1. The maximum absolute atomic E-state index is 12.8. The number of hydrogen-bond donors (Lipinski definition) is 3. The quantitative estimate of drug-likeness (QED) is 0.619. The molecular weight excluding hydrogens is 348 g/mol. The topological polar surface area (TPSA) is 107 Å². The number of nitrogens with zero attached hydrogens (tertiary/aromatic N) is 3. The minimum atomic E-state index is -0.683. The van der Waals surface area contributed by atoms with Crippen LogP contribution in [-0.4, -0.2) is 61.6 Å². The van der Waals surface area contributed by atoms with Crippen molar-refractivity contribution in [3.05, 3.63) is 17.8 Å².